The lowest BCUT2D eigenvalue weighted by molar-refractivity contribution is -0.113. The van der Waals surface area contributed by atoms with Crippen LogP contribution in [0.15, 0.2) is 53.4 Å². The van der Waals surface area contributed by atoms with Crippen molar-refractivity contribution in [2.45, 2.75) is 13.0 Å². The minimum Gasteiger partial charge on any atom is -0.493 e. The predicted molar refractivity (Wildman–Crippen MR) is 102 cm³/mol. The number of methoxy groups -OCH3 is 1. The molecule has 0 unspecified atom stereocenters. The Morgan fingerprint density at radius 1 is 1.17 bits per heavy atom. The van der Waals surface area contributed by atoms with Gasteiger partial charge in [-0.3, -0.25) is 4.79 Å². The minimum atomic E-state index is 0.0772. The average molecular weight is 356 g/mol. The van der Waals surface area contributed by atoms with Gasteiger partial charge in [0.1, 0.15) is 6.61 Å². The largest absolute Gasteiger partial charge is 0.493 e. The highest BCUT2D eigenvalue weighted by atomic mass is 32.2. The first kappa shape index (κ1) is 16.7. The lowest BCUT2D eigenvalue weighted by atomic mass is 10.1. The zero-order valence-corrected chi connectivity index (χ0v) is 14.8. The van der Waals surface area contributed by atoms with Gasteiger partial charge in [-0.15, -0.1) is 0 Å². The van der Waals surface area contributed by atoms with Gasteiger partial charge in [0.25, 0.3) is 0 Å². The molecule has 0 atom stereocenters. The highest BCUT2D eigenvalue weighted by Gasteiger charge is 2.22. The van der Waals surface area contributed by atoms with Gasteiger partial charge in [0.05, 0.1) is 22.6 Å². The normalized spacial score (nSPS) is 15.8. The molecule has 1 aliphatic rings. The Morgan fingerprint density at radius 3 is 2.62 bits per heavy atom. The van der Waals surface area contributed by atoms with E-state index in [1.54, 1.807) is 7.11 Å². The van der Waals surface area contributed by atoms with Gasteiger partial charge in [-0.25, -0.2) is 0 Å². The van der Waals surface area contributed by atoms with Crippen LogP contribution in [0.25, 0.3) is 6.08 Å². The van der Waals surface area contributed by atoms with Gasteiger partial charge in [0.15, 0.2) is 17.3 Å². The van der Waals surface area contributed by atoms with Crippen LogP contribution in [0, 0.1) is 0 Å². The molecule has 1 heterocycles. The van der Waals surface area contributed by atoms with Gasteiger partial charge in [-0.05, 0) is 29.3 Å². The van der Waals surface area contributed by atoms with Gasteiger partial charge in [0.2, 0.25) is 0 Å². The SMILES string of the molecule is COc1cc(/C=C2/SC(=S)CC2=O)ccc1OCc1ccccc1. The first-order valence-electron chi connectivity index (χ1n) is 7.46. The topological polar surface area (TPSA) is 35.5 Å². The average Bonchev–Trinajstić information content (AvgIpc) is 2.91. The Balaban J connectivity index is 1.77. The molecule has 0 saturated carbocycles. The second-order valence-corrected chi connectivity index (χ2v) is 7.16. The smallest absolute Gasteiger partial charge is 0.175 e. The lowest BCUT2D eigenvalue weighted by Crippen LogP contribution is -1.98. The molecule has 0 amide bonds. The van der Waals surface area contributed by atoms with Crippen LogP contribution in [0.2, 0.25) is 0 Å². The van der Waals surface area contributed by atoms with Gasteiger partial charge in [-0.1, -0.05) is 60.4 Å². The van der Waals surface area contributed by atoms with E-state index in [1.165, 1.54) is 11.8 Å². The summed E-state index contributed by atoms with van der Waals surface area (Å²) < 4.78 is 12.0. The van der Waals surface area contributed by atoms with Crippen LogP contribution < -0.4 is 9.47 Å². The Labute approximate surface area is 150 Å². The van der Waals surface area contributed by atoms with E-state index >= 15 is 0 Å². The molecule has 0 N–H and O–H groups in total. The van der Waals surface area contributed by atoms with Crippen LogP contribution in [0.4, 0.5) is 0 Å². The Bertz CT molecular complexity index is 798. The molecule has 3 nitrogen and oxygen atoms in total. The van der Waals surface area contributed by atoms with E-state index in [2.05, 4.69) is 0 Å². The van der Waals surface area contributed by atoms with Crippen LogP contribution in [-0.4, -0.2) is 17.1 Å². The quantitative estimate of drug-likeness (QED) is 0.576. The molecule has 2 aromatic carbocycles. The number of carbonyl (C=O) groups is 1. The molecule has 0 aliphatic carbocycles. The van der Waals surface area contributed by atoms with Crippen molar-refractivity contribution in [2.75, 3.05) is 7.11 Å². The fourth-order valence-electron chi connectivity index (χ4n) is 2.32. The summed E-state index contributed by atoms with van der Waals surface area (Å²) in [5.41, 5.74) is 1.98. The second kappa shape index (κ2) is 7.64. The number of carbonyl (C=O) groups excluding carboxylic acids is 1. The number of ether oxygens (including phenoxy) is 2. The van der Waals surface area contributed by atoms with Crippen LogP contribution >= 0.6 is 24.0 Å². The van der Waals surface area contributed by atoms with E-state index < -0.39 is 0 Å². The molecule has 1 aliphatic heterocycles. The number of benzene rings is 2. The van der Waals surface area contributed by atoms with E-state index in [4.69, 9.17) is 21.7 Å². The molecule has 1 saturated heterocycles. The summed E-state index contributed by atoms with van der Waals surface area (Å²) in [6.45, 7) is 0.472. The first-order valence-corrected chi connectivity index (χ1v) is 8.68. The van der Waals surface area contributed by atoms with Gasteiger partial charge in [-0.2, -0.15) is 0 Å². The number of allylic oxidation sites excluding steroid dienone is 1. The molecule has 3 rings (SSSR count). The van der Waals surface area contributed by atoms with E-state index in [1.807, 2.05) is 54.6 Å². The van der Waals surface area contributed by atoms with Crippen LogP contribution in [0.5, 0.6) is 11.5 Å². The highest BCUT2D eigenvalue weighted by molar-refractivity contribution is 8.27. The second-order valence-electron chi connectivity index (χ2n) is 5.27. The zero-order valence-electron chi connectivity index (χ0n) is 13.2. The maximum atomic E-state index is 11.8. The zero-order chi connectivity index (χ0) is 16.9. The lowest BCUT2D eigenvalue weighted by Gasteiger charge is -2.11. The van der Waals surface area contributed by atoms with Crippen molar-refractivity contribution in [3.63, 3.8) is 0 Å². The monoisotopic (exact) mass is 356 g/mol. The summed E-state index contributed by atoms with van der Waals surface area (Å²) in [5.74, 6) is 1.39. The summed E-state index contributed by atoms with van der Waals surface area (Å²) in [7, 11) is 1.60. The van der Waals surface area contributed by atoms with Gasteiger partial charge < -0.3 is 9.47 Å². The minimum absolute atomic E-state index is 0.0772. The molecule has 0 radical (unpaired) electrons. The highest BCUT2D eigenvalue weighted by Crippen LogP contribution is 2.34. The third kappa shape index (κ3) is 4.04. The molecule has 5 heteroatoms. The van der Waals surface area contributed by atoms with E-state index in [0.717, 1.165) is 15.3 Å². The summed E-state index contributed by atoms with van der Waals surface area (Å²) in [5, 5.41) is 0. The summed E-state index contributed by atoms with van der Waals surface area (Å²) in [6.07, 6.45) is 2.19. The molecule has 122 valence electrons. The number of thioether (sulfide) groups is 1. The van der Waals surface area contributed by atoms with Gasteiger partial charge >= 0.3 is 0 Å². The molecule has 0 bridgehead atoms. The fourth-order valence-corrected chi connectivity index (χ4v) is 3.55. The van der Waals surface area contributed by atoms with E-state index in [-0.39, 0.29) is 5.78 Å². The summed E-state index contributed by atoms with van der Waals surface area (Å²) >= 11 is 6.46. The predicted octanol–water partition coefficient (Wildman–Crippen LogP) is 4.65. The Hall–Kier alpha value is -2.11. The van der Waals surface area contributed by atoms with E-state index in [9.17, 15) is 4.79 Å². The third-order valence-electron chi connectivity index (χ3n) is 3.53. The van der Waals surface area contributed by atoms with Crippen LogP contribution in [0.3, 0.4) is 0 Å². The third-order valence-corrected chi connectivity index (χ3v) is 4.86. The molecule has 0 spiro atoms. The van der Waals surface area contributed by atoms with Crippen molar-refractivity contribution in [3.05, 3.63) is 64.6 Å². The van der Waals surface area contributed by atoms with Crippen molar-refractivity contribution >= 4 is 40.0 Å². The van der Waals surface area contributed by atoms with Crippen molar-refractivity contribution in [1.82, 2.24) is 0 Å². The van der Waals surface area contributed by atoms with Gasteiger partial charge in [0, 0.05) is 0 Å². The number of hydrogen-bond acceptors (Lipinski definition) is 5. The van der Waals surface area contributed by atoms with Crippen molar-refractivity contribution < 1.29 is 14.3 Å². The number of Topliss-reactive ketones (excluding diaryl/α,β-unsaturated/α-hetero) is 1. The Morgan fingerprint density at radius 2 is 1.96 bits per heavy atom. The fraction of sp³-hybridized carbons (Fsp3) is 0.158. The number of ketones is 1. The van der Waals surface area contributed by atoms with Crippen molar-refractivity contribution in [2.24, 2.45) is 0 Å². The van der Waals surface area contributed by atoms with Crippen molar-refractivity contribution in [1.29, 1.82) is 0 Å². The van der Waals surface area contributed by atoms with E-state index in [0.29, 0.717) is 29.4 Å². The maximum Gasteiger partial charge on any atom is 0.175 e. The molecule has 2 aromatic rings. The number of rotatable bonds is 5. The molecule has 0 aromatic heterocycles. The maximum absolute atomic E-state index is 11.8. The number of hydrogen-bond donors (Lipinski definition) is 0. The first-order chi connectivity index (χ1) is 11.7. The van der Waals surface area contributed by atoms with Crippen LogP contribution in [0.1, 0.15) is 17.5 Å². The molecule has 1 fully saturated rings. The molecular formula is C19H16O3S2. The molecular weight excluding hydrogens is 340 g/mol. The summed E-state index contributed by atoms with van der Waals surface area (Å²) in [4.78, 5) is 12.5. The number of thiocarbonyl (C=S) groups is 1. The van der Waals surface area contributed by atoms with Crippen molar-refractivity contribution in [3.8, 4) is 11.5 Å². The molecule has 24 heavy (non-hydrogen) atoms. The summed E-state index contributed by atoms with van der Waals surface area (Å²) in [6, 6.07) is 15.6. The standard InChI is InChI=1S/C19H16O3S2/c1-21-17-9-14(10-18-15(20)11-19(23)24-18)7-8-16(17)22-12-13-5-3-2-4-6-13/h2-10H,11-12H2,1H3/b18-10+. The van der Waals surface area contributed by atoms with Crippen LogP contribution in [-0.2, 0) is 11.4 Å². The Kier molecular flexibility index (Phi) is 5.33.